The molecule has 2 N–H and O–H groups in total. The van der Waals surface area contributed by atoms with Gasteiger partial charge in [-0.25, -0.2) is 0 Å². The number of ether oxygens (including phenoxy) is 2. The second kappa shape index (κ2) is 6.48. The standard InChI is InChI=1S/C17H22N2O4/c1-10(20)23-15-8-12-13(9-14(15)22-2)18-16(19-17(12)21)11-6-4-3-5-7-11/h8-9,11,16,18H,3-7H2,1-2H3,(H,19,21). The Morgan fingerprint density at radius 2 is 1.87 bits per heavy atom. The third kappa shape index (κ3) is 3.25. The van der Waals surface area contributed by atoms with E-state index in [9.17, 15) is 9.59 Å². The molecule has 124 valence electrons. The van der Waals surface area contributed by atoms with Gasteiger partial charge in [0.1, 0.15) is 6.17 Å². The first kappa shape index (κ1) is 15.6. The fourth-order valence-electron chi connectivity index (χ4n) is 3.39. The molecule has 1 atom stereocenters. The average Bonchev–Trinajstić information content (AvgIpc) is 2.55. The minimum atomic E-state index is -0.451. The van der Waals surface area contributed by atoms with Crippen molar-refractivity contribution in [1.29, 1.82) is 0 Å². The van der Waals surface area contributed by atoms with Crippen LogP contribution in [0.15, 0.2) is 12.1 Å². The number of amides is 1. The second-order valence-electron chi connectivity index (χ2n) is 6.14. The van der Waals surface area contributed by atoms with Crippen LogP contribution in [0.3, 0.4) is 0 Å². The maximum atomic E-state index is 12.4. The molecule has 1 saturated carbocycles. The van der Waals surface area contributed by atoms with E-state index in [-0.39, 0.29) is 17.8 Å². The molecule has 1 aromatic carbocycles. The molecule has 23 heavy (non-hydrogen) atoms. The number of rotatable bonds is 3. The molecular weight excluding hydrogens is 296 g/mol. The number of hydrogen-bond donors (Lipinski definition) is 2. The van der Waals surface area contributed by atoms with Crippen LogP contribution in [-0.4, -0.2) is 25.2 Å². The van der Waals surface area contributed by atoms with E-state index >= 15 is 0 Å². The van der Waals surface area contributed by atoms with Gasteiger partial charge in [0, 0.05) is 13.0 Å². The molecule has 6 heteroatoms. The van der Waals surface area contributed by atoms with E-state index in [1.54, 1.807) is 12.1 Å². The van der Waals surface area contributed by atoms with Crippen LogP contribution in [0.25, 0.3) is 0 Å². The lowest BCUT2D eigenvalue weighted by molar-refractivity contribution is -0.132. The number of nitrogens with one attached hydrogen (secondary N) is 2. The van der Waals surface area contributed by atoms with Crippen LogP contribution in [0.4, 0.5) is 5.69 Å². The van der Waals surface area contributed by atoms with Crippen LogP contribution in [0.1, 0.15) is 49.4 Å². The van der Waals surface area contributed by atoms with Gasteiger partial charge in [0.2, 0.25) is 0 Å². The summed E-state index contributed by atoms with van der Waals surface area (Å²) in [5.74, 6) is 0.535. The highest BCUT2D eigenvalue weighted by atomic mass is 16.6. The van der Waals surface area contributed by atoms with Gasteiger partial charge in [0.25, 0.3) is 5.91 Å². The first-order valence-corrected chi connectivity index (χ1v) is 8.06. The fourth-order valence-corrected chi connectivity index (χ4v) is 3.39. The van der Waals surface area contributed by atoms with Crippen molar-refractivity contribution >= 4 is 17.6 Å². The van der Waals surface area contributed by atoms with Gasteiger partial charge < -0.3 is 20.1 Å². The minimum Gasteiger partial charge on any atom is -0.493 e. The van der Waals surface area contributed by atoms with Crippen molar-refractivity contribution in [2.75, 3.05) is 12.4 Å². The summed E-state index contributed by atoms with van der Waals surface area (Å²) in [7, 11) is 1.51. The van der Waals surface area contributed by atoms with Crippen LogP contribution in [-0.2, 0) is 4.79 Å². The van der Waals surface area contributed by atoms with Gasteiger partial charge in [-0.3, -0.25) is 9.59 Å². The minimum absolute atomic E-state index is 0.0559. The van der Waals surface area contributed by atoms with E-state index in [0.29, 0.717) is 17.2 Å². The molecule has 0 saturated heterocycles. The summed E-state index contributed by atoms with van der Waals surface area (Å²) >= 11 is 0. The van der Waals surface area contributed by atoms with Gasteiger partial charge in [-0.05, 0) is 24.8 Å². The van der Waals surface area contributed by atoms with E-state index in [2.05, 4.69) is 10.6 Å². The Hall–Kier alpha value is -2.24. The Morgan fingerprint density at radius 1 is 1.13 bits per heavy atom. The lowest BCUT2D eigenvalue weighted by Crippen LogP contribution is -2.49. The summed E-state index contributed by atoms with van der Waals surface area (Å²) in [6.45, 7) is 1.32. The Bertz CT molecular complexity index is 623. The van der Waals surface area contributed by atoms with E-state index in [4.69, 9.17) is 9.47 Å². The van der Waals surface area contributed by atoms with Crippen molar-refractivity contribution in [2.45, 2.75) is 45.2 Å². The molecule has 0 radical (unpaired) electrons. The third-order valence-electron chi connectivity index (χ3n) is 4.52. The molecule has 1 fully saturated rings. The van der Waals surface area contributed by atoms with Crippen LogP contribution in [0.2, 0.25) is 0 Å². The predicted octanol–water partition coefficient (Wildman–Crippen LogP) is 2.68. The van der Waals surface area contributed by atoms with Crippen LogP contribution in [0.5, 0.6) is 11.5 Å². The SMILES string of the molecule is COc1cc2c(cc1OC(C)=O)C(=O)NC(C1CCCCC1)N2. The summed E-state index contributed by atoms with van der Waals surface area (Å²) in [6.07, 6.45) is 5.87. The topological polar surface area (TPSA) is 76.7 Å². The first-order valence-electron chi connectivity index (χ1n) is 8.06. The van der Waals surface area contributed by atoms with Gasteiger partial charge in [0.05, 0.1) is 18.4 Å². The maximum Gasteiger partial charge on any atom is 0.308 e. The molecular formula is C17H22N2O4. The highest BCUT2D eigenvalue weighted by Gasteiger charge is 2.31. The molecule has 1 aliphatic heterocycles. The zero-order valence-electron chi connectivity index (χ0n) is 13.5. The number of anilines is 1. The molecule has 1 amide bonds. The number of fused-ring (bicyclic) bond motifs is 1. The second-order valence-corrected chi connectivity index (χ2v) is 6.14. The molecule has 0 spiro atoms. The van der Waals surface area contributed by atoms with E-state index in [1.165, 1.54) is 33.3 Å². The third-order valence-corrected chi connectivity index (χ3v) is 4.52. The summed E-state index contributed by atoms with van der Waals surface area (Å²) in [5, 5.41) is 6.43. The quantitative estimate of drug-likeness (QED) is 0.662. The molecule has 2 aliphatic rings. The van der Waals surface area contributed by atoms with Crippen molar-refractivity contribution in [2.24, 2.45) is 5.92 Å². The van der Waals surface area contributed by atoms with Crippen LogP contribution in [0, 0.1) is 5.92 Å². The smallest absolute Gasteiger partial charge is 0.308 e. The molecule has 3 rings (SSSR count). The van der Waals surface area contributed by atoms with Crippen LogP contribution >= 0.6 is 0 Å². The summed E-state index contributed by atoms with van der Waals surface area (Å²) in [4.78, 5) is 23.6. The molecule has 0 bridgehead atoms. The van der Waals surface area contributed by atoms with Crippen molar-refractivity contribution in [3.63, 3.8) is 0 Å². The average molecular weight is 318 g/mol. The Kier molecular flexibility index (Phi) is 4.41. The summed E-state index contributed by atoms with van der Waals surface area (Å²) in [5.41, 5.74) is 1.19. The van der Waals surface area contributed by atoms with Crippen molar-refractivity contribution in [1.82, 2.24) is 5.32 Å². The molecule has 0 aromatic heterocycles. The maximum absolute atomic E-state index is 12.4. The number of carbonyl (C=O) groups excluding carboxylic acids is 2. The van der Waals surface area contributed by atoms with Crippen LogP contribution < -0.4 is 20.1 Å². The molecule has 1 unspecified atom stereocenters. The number of methoxy groups -OCH3 is 1. The molecule has 1 heterocycles. The lowest BCUT2D eigenvalue weighted by atomic mass is 9.86. The number of benzene rings is 1. The Labute approximate surface area is 135 Å². The lowest BCUT2D eigenvalue weighted by Gasteiger charge is -2.35. The predicted molar refractivity (Wildman–Crippen MR) is 85.8 cm³/mol. The number of esters is 1. The normalized spacial score (nSPS) is 21.0. The molecule has 1 aliphatic carbocycles. The Balaban J connectivity index is 1.88. The van der Waals surface area contributed by atoms with Gasteiger partial charge in [-0.1, -0.05) is 19.3 Å². The zero-order chi connectivity index (χ0) is 16.4. The van der Waals surface area contributed by atoms with Gasteiger partial charge in [-0.15, -0.1) is 0 Å². The van der Waals surface area contributed by atoms with E-state index in [0.717, 1.165) is 18.5 Å². The first-order chi connectivity index (χ1) is 11.1. The molecule has 6 nitrogen and oxygen atoms in total. The molecule has 1 aromatic rings. The summed E-state index contributed by atoms with van der Waals surface area (Å²) < 4.78 is 10.4. The van der Waals surface area contributed by atoms with Gasteiger partial charge in [0.15, 0.2) is 11.5 Å². The van der Waals surface area contributed by atoms with Gasteiger partial charge in [-0.2, -0.15) is 0 Å². The monoisotopic (exact) mass is 318 g/mol. The zero-order valence-corrected chi connectivity index (χ0v) is 13.5. The van der Waals surface area contributed by atoms with Crippen molar-refractivity contribution in [3.05, 3.63) is 17.7 Å². The largest absolute Gasteiger partial charge is 0.493 e. The highest BCUT2D eigenvalue weighted by molar-refractivity contribution is 6.02. The van der Waals surface area contributed by atoms with Gasteiger partial charge >= 0.3 is 5.97 Å². The fraction of sp³-hybridized carbons (Fsp3) is 0.529. The Morgan fingerprint density at radius 3 is 2.52 bits per heavy atom. The highest BCUT2D eigenvalue weighted by Crippen LogP contribution is 2.37. The van der Waals surface area contributed by atoms with E-state index < -0.39 is 5.97 Å². The van der Waals surface area contributed by atoms with Crippen molar-refractivity contribution in [3.8, 4) is 11.5 Å². The number of hydrogen-bond acceptors (Lipinski definition) is 5. The van der Waals surface area contributed by atoms with E-state index in [1.807, 2.05) is 0 Å². The van der Waals surface area contributed by atoms with Crippen molar-refractivity contribution < 1.29 is 19.1 Å². The number of carbonyl (C=O) groups is 2. The summed E-state index contributed by atoms with van der Waals surface area (Å²) in [6, 6.07) is 3.27.